The standard InChI is InChI=1S/C34H34ClFN6O2/c1-3-44-28-6-4-5-26(36)29(28)32-24-15-21(35)9-12-23(24)31-20(16-38-32)17-39-34(42-31)40-22-10-7-18(8-11-22)33(43)41-30-19-13-25(30)27(14-19)37-2/h6-12,15,17,19,25,27,30,37H,3-5,13-14,16H2,1-2H3,(H,41,43)(H,39,40,42). The van der Waals surface area contributed by atoms with Gasteiger partial charge in [0.05, 0.1) is 30.1 Å². The third kappa shape index (κ3) is 5.18. The third-order valence-corrected chi connectivity index (χ3v) is 9.44. The molecule has 1 aliphatic heterocycles. The Balaban J connectivity index is 1.13. The second-order valence-corrected chi connectivity index (χ2v) is 12.2. The Morgan fingerprint density at radius 3 is 2.75 bits per heavy atom. The van der Waals surface area contributed by atoms with Crippen LogP contribution in [-0.4, -0.2) is 47.3 Å². The number of ether oxygens (including phenoxy) is 1. The van der Waals surface area contributed by atoms with Crippen molar-refractivity contribution in [1.29, 1.82) is 0 Å². The number of carbonyl (C=O) groups excluding carboxylic acids is 1. The molecule has 4 aliphatic carbocycles. The number of hydrogen-bond donors (Lipinski definition) is 3. The number of halogens is 2. The quantitative estimate of drug-likeness (QED) is 0.268. The molecule has 0 radical (unpaired) electrons. The van der Waals surface area contributed by atoms with E-state index in [9.17, 15) is 4.79 Å². The Bertz CT molecular complexity index is 1720. The van der Waals surface area contributed by atoms with Crippen molar-refractivity contribution in [2.24, 2.45) is 16.8 Å². The molecular formula is C34H34ClFN6O2. The van der Waals surface area contributed by atoms with Gasteiger partial charge in [0.1, 0.15) is 11.6 Å². The molecule has 1 aromatic heterocycles. The number of allylic oxidation sites excluding steroid dienone is 3. The molecule has 4 unspecified atom stereocenters. The summed E-state index contributed by atoms with van der Waals surface area (Å²) in [7, 11) is 2.00. The summed E-state index contributed by atoms with van der Waals surface area (Å²) in [5, 5.41) is 10.4. The van der Waals surface area contributed by atoms with Crippen molar-refractivity contribution in [3.8, 4) is 11.3 Å². The second-order valence-electron chi connectivity index (χ2n) is 11.7. The van der Waals surface area contributed by atoms with Crippen LogP contribution in [-0.2, 0) is 11.3 Å². The molecule has 0 spiro atoms. The van der Waals surface area contributed by atoms with Crippen LogP contribution in [0.4, 0.5) is 16.0 Å². The summed E-state index contributed by atoms with van der Waals surface area (Å²) in [6.07, 6.45) is 6.84. The Labute approximate surface area is 260 Å². The lowest BCUT2D eigenvalue weighted by Gasteiger charge is -2.37. The first-order valence-electron chi connectivity index (χ1n) is 15.2. The lowest BCUT2D eigenvalue weighted by molar-refractivity contribution is 0.0853. The zero-order valence-corrected chi connectivity index (χ0v) is 25.4. The zero-order chi connectivity index (χ0) is 30.4. The van der Waals surface area contributed by atoms with Gasteiger partial charge in [-0.3, -0.25) is 9.79 Å². The molecule has 5 aliphatic rings. The average Bonchev–Trinajstić information content (AvgIpc) is 3.57. The highest BCUT2D eigenvalue weighted by molar-refractivity contribution is 6.31. The highest BCUT2D eigenvalue weighted by atomic mass is 35.5. The van der Waals surface area contributed by atoms with Crippen LogP contribution in [0.3, 0.4) is 0 Å². The summed E-state index contributed by atoms with van der Waals surface area (Å²) in [4.78, 5) is 27.2. The van der Waals surface area contributed by atoms with Crippen LogP contribution >= 0.6 is 11.6 Å². The topological polar surface area (TPSA) is 101 Å². The fourth-order valence-electron chi connectivity index (χ4n) is 7.00. The van der Waals surface area contributed by atoms with E-state index in [4.69, 9.17) is 26.3 Å². The Morgan fingerprint density at radius 1 is 1.14 bits per heavy atom. The van der Waals surface area contributed by atoms with E-state index in [1.165, 1.54) is 6.42 Å². The van der Waals surface area contributed by atoms with Crippen LogP contribution in [0.15, 0.2) is 76.9 Å². The van der Waals surface area contributed by atoms with E-state index >= 15 is 4.39 Å². The minimum atomic E-state index is -0.251. The molecule has 2 heterocycles. The summed E-state index contributed by atoms with van der Waals surface area (Å²) in [6, 6.07) is 13.6. The van der Waals surface area contributed by atoms with E-state index in [0.29, 0.717) is 82.2 Å². The number of nitrogens with one attached hydrogen (secondary N) is 3. The first-order chi connectivity index (χ1) is 21.4. The summed E-state index contributed by atoms with van der Waals surface area (Å²) < 4.78 is 21.2. The molecule has 3 fully saturated rings. The van der Waals surface area contributed by atoms with Crippen LogP contribution in [0, 0.1) is 11.8 Å². The minimum absolute atomic E-state index is 0.0489. The van der Waals surface area contributed by atoms with Crippen molar-refractivity contribution in [2.45, 2.75) is 51.2 Å². The second kappa shape index (κ2) is 11.8. The van der Waals surface area contributed by atoms with Crippen molar-refractivity contribution >= 4 is 34.9 Å². The van der Waals surface area contributed by atoms with Crippen molar-refractivity contribution in [1.82, 2.24) is 20.6 Å². The maximum absolute atomic E-state index is 15.4. The molecule has 3 saturated carbocycles. The number of anilines is 2. The molecule has 0 saturated heterocycles. The average molecular weight is 613 g/mol. The van der Waals surface area contributed by atoms with Crippen molar-refractivity contribution in [3.63, 3.8) is 0 Å². The number of aliphatic imine (C=N–C) groups is 1. The van der Waals surface area contributed by atoms with Gasteiger partial charge >= 0.3 is 0 Å². The van der Waals surface area contributed by atoms with Gasteiger partial charge in [0, 0.05) is 57.7 Å². The maximum atomic E-state index is 15.4. The molecular weight excluding hydrogens is 579 g/mol. The number of rotatable bonds is 8. The summed E-state index contributed by atoms with van der Waals surface area (Å²) >= 11 is 6.45. The van der Waals surface area contributed by atoms with Gasteiger partial charge in [-0.15, -0.1) is 0 Å². The van der Waals surface area contributed by atoms with Crippen molar-refractivity contribution < 1.29 is 13.9 Å². The molecule has 3 N–H and O–H groups in total. The predicted molar refractivity (Wildman–Crippen MR) is 170 cm³/mol. The maximum Gasteiger partial charge on any atom is 0.251 e. The van der Waals surface area contributed by atoms with Crippen molar-refractivity contribution in [3.05, 3.63) is 93.6 Å². The number of aromatic nitrogens is 2. The summed E-state index contributed by atoms with van der Waals surface area (Å²) in [6.45, 7) is 2.57. The Hall–Kier alpha value is -4.08. The number of amides is 1. The molecule has 226 valence electrons. The number of fused-ring (bicyclic) bond motifs is 4. The van der Waals surface area contributed by atoms with Gasteiger partial charge < -0.3 is 20.7 Å². The largest absolute Gasteiger partial charge is 0.493 e. The van der Waals surface area contributed by atoms with E-state index in [0.717, 1.165) is 23.2 Å². The van der Waals surface area contributed by atoms with Crippen LogP contribution in [0.2, 0.25) is 5.02 Å². The SMILES string of the molecule is CCOC1=CCCC(F)=C1C1=NCc2cnc(Nc3ccc(C(=O)NC4C5CC(NC)C4C5)cc3)nc2-c2ccc(Cl)cc21. The predicted octanol–water partition coefficient (Wildman–Crippen LogP) is 6.51. The number of hydrogen-bond acceptors (Lipinski definition) is 7. The first-order valence-corrected chi connectivity index (χ1v) is 15.6. The number of benzene rings is 2. The molecule has 2 bridgehead atoms. The van der Waals surface area contributed by atoms with Gasteiger partial charge in [-0.05, 0) is 87.5 Å². The van der Waals surface area contributed by atoms with E-state index in [-0.39, 0.29) is 24.3 Å². The summed E-state index contributed by atoms with van der Waals surface area (Å²) in [5.41, 5.74) is 5.21. The van der Waals surface area contributed by atoms with Gasteiger partial charge in [-0.1, -0.05) is 17.7 Å². The Kier molecular flexibility index (Phi) is 7.68. The van der Waals surface area contributed by atoms with Gasteiger partial charge in [-0.2, -0.15) is 0 Å². The molecule has 8 rings (SSSR count). The van der Waals surface area contributed by atoms with Crippen LogP contribution < -0.4 is 16.0 Å². The minimum Gasteiger partial charge on any atom is -0.493 e. The van der Waals surface area contributed by atoms with E-state index in [2.05, 4.69) is 20.9 Å². The number of carbonyl (C=O) groups is 1. The fourth-order valence-corrected chi connectivity index (χ4v) is 7.17. The van der Waals surface area contributed by atoms with E-state index in [1.54, 1.807) is 18.3 Å². The third-order valence-electron chi connectivity index (χ3n) is 9.20. The highest BCUT2D eigenvalue weighted by Gasteiger charge is 2.53. The van der Waals surface area contributed by atoms with E-state index < -0.39 is 0 Å². The zero-order valence-electron chi connectivity index (χ0n) is 24.7. The molecule has 1 amide bonds. The molecule has 4 atom stereocenters. The monoisotopic (exact) mass is 612 g/mol. The number of nitrogens with zero attached hydrogens (tertiary/aromatic N) is 3. The molecule has 3 aromatic rings. The van der Waals surface area contributed by atoms with E-state index in [1.807, 2.05) is 50.4 Å². The van der Waals surface area contributed by atoms with Crippen LogP contribution in [0.1, 0.15) is 54.1 Å². The van der Waals surface area contributed by atoms with Gasteiger partial charge in [0.2, 0.25) is 5.95 Å². The smallest absolute Gasteiger partial charge is 0.251 e. The highest BCUT2D eigenvalue weighted by Crippen LogP contribution is 2.48. The van der Waals surface area contributed by atoms with Gasteiger partial charge in [0.25, 0.3) is 5.91 Å². The van der Waals surface area contributed by atoms with Crippen LogP contribution in [0.25, 0.3) is 11.3 Å². The van der Waals surface area contributed by atoms with Gasteiger partial charge in [0.15, 0.2) is 0 Å². The molecule has 44 heavy (non-hydrogen) atoms. The van der Waals surface area contributed by atoms with Crippen molar-refractivity contribution in [2.75, 3.05) is 19.0 Å². The molecule has 8 nitrogen and oxygen atoms in total. The summed E-state index contributed by atoms with van der Waals surface area (Å²) in [5.74, 6) is 1.68. The van der Waals surface area contributed by atoms with Gasteiger partial charge in [-0.25, -0.2) is 14.4 Å². The van der Waals surface area contributed by atoms with Crippen LogP contribution in [0.5, 0.6) is 0 Å². The fraction of sp³-hybridized carbons (Fsp3) is 0.353. The normalized spacial score (nSPS) is 23.5. The first kappa shape index (κ1) is 28.7. The molecule has 2 aromatic carbocycles. The molecule has 10 heteroatoms. The lowest BCUT2D eigenvalue weighted by Crippen LogP contribution is -2.51. The lowest BCUT2D eigenvalue weighted by atomic mass is 9.77. The Morgan fingerprint density at radius 2 is 1.98 bits per heavy atom.